The monoisotopic (exact) mass is 453 g/mol. The Morgan fingerprint density at radius 2 is 2.10 bits per heavy atom. The normalized spacial score (nSPS) is 25.6. The van der Waals surface area contributed by atoms with Crippen molar-refractivity contribution in [2.45, 2.75) is 37.4 Å². The van der Waals surface area contributed by atoms with Gasteiger partial charge in [0.25, 0.3) is 12.3 Å². The molecule has 11 heteroatoms. The van der Waals surface area contributed by atoms with Gasteiger partial charge in [-0.25, -0.2) is 22.5 Å². The van der Waals surface area contributed by atoms with Gasteiger partial charge >= 0.3 is 0 Å². The molecular weight excluding hydrogens is 434 g/mol. The van der Waals surface area contributed by atoms with Gasteiger partial charge in [0.2, 0.25) is 0 Å². The predicted molar refractivity (Wildman–Crippen MR) is 109 cm³/mol. The number of thioether (sulfide) groups is 1. The molecule has 0 saturated heterocycles. The topological polar surface area (TPSA) is 93.3 Å². The second kappa shape index (κ2) is 8.45. The largest absolute Gasteiger partial charge is 0.379 e. The highest BCUT2D eigenvalue weighted by molar-refractivity contribution is 8.13. The van der Waals surface area contributed by atoms with Gasteiger partial charge in [0.15, 0.2) is 5.17 Å². The predicted octanol–water partition coefficient (Wildman–Crippen LogP) is 4.20. The van der Waals surface area contributed by atoms with Crippen LogP contribution in [0.15, 0.2) is 35.6 Å². The van der Waals surface area contributed by atoms with Crippen LogP contribution in [0.2, 0.25) is 0 Å². The van der Waals surface area contributed by atoms with Crippen molar-refractivity contribution in [3.8, 4) is 0 Å². The molecule has 1 aromatic carbocycles. The van der Waals surface area contributed by atoms with E-state index in [9.17, 15) is 22.4 Å². The van der Waals surface area contributed by atoms with Crippen molar-refractivity contribution < 1.29 is 22.4 Å². The summed E-state index contributed by atoms with van der Waals surface area (Å²) in [4.78, 5) is 24.2. The van der Waals surface area contributed by atoms with E-state index in [1.54, 1.807) is 0 Å². The van der Waals surface area contributed by atoms with E-state index < -0.39 is 35.6 Å². The summed E-state index contributed by atoms with van der Waals surface area (Å²) in [6.07, 6.45) is -1.21. The summed E-state index contributed by atoms with van der Waals surface area (Å²) in [5.41, 5.74) is 4.74. The minimum absolute atomic E-state index is 0.166. The Morgan fingerprint density at radius 3 is 2.81 bits per heavy atom. The van der Waals surface area contributed by atoms with Gasteiger partial charge in [0, 0.05) is 22.9 Å². The number of alkyl halides is 3. The number of nitrogens with two attached hydrogens (primary N) is 1. The molecule has 0 bridgehead atoms. The Kier molecular flexibility index (Phi) is 5.87. The Hall–Kier alpha value is -2.69. The fourth-order valence-electron chi connectivity index (χ4n) is 4.08. The number of nitrogens with one attached hydrogen (secondary N) is 1. The quantitative estimate of drug-likeness (QED) is 0.677. The van der Waals surface area contributed by atoms with Crippen molar-refractivity contribution in [1.29, 1.82) is 0 Å². The molecule has 31 heavy (non-hydrogen) atoms. The molecule has 1 saturated carbocycles. The molecule has 1 aliphatic carbocycles. The van der Waals surface area contributed by atoms with Crippen LogP contribution in [0.4, 0.5) is 23.2 Å². The number of aliphatic imine (C=N–C) groups is 1. The number of amidine groups is 1. The maximum absolute atomic E-state index is 14.9. The lowest BCUT2D eigenvalue weighted by molar-refractivity contribution is 0.102. The first-order chi connectivity index (χ1) is 14.8. The van der Waals surface area contributed by atoms with Crippen LogP contribution in [-0.2, 0) is 5.54 Å². The van der Waals surface area contributed by atoms with Crippen molar-refractivity contribution >= 4 is 28.5 Å². The van der Waals surface area contributed by atoms with E-state index in [2.05, 4.69) is 20.3 Å². The zero-order chi connectivity index (χ0) is 22.2. The second-order valence-electron chi connectivity index (χ2n) is 7.53. The summed E-state index contributed by atoms with van der Waals surface area (Å²) in [5.74, 6) is -0.918. The lowest BCUT2D eigenvalue weighted by atomic mass is 9.69. The molecule has 164 valence electrons. The van der Waals surface area contributed by atoms with Gasteiger partial charge in [0.1, 0.15) is 23.4 Å². The number of nitrogens with zero attached hydrogens (tertiary/aromatic N) is 3. The van der Waals surface area contributed by atoms with E-state index in [0.29, 0.717) is 17.3 Å². The molecule has 3 N–H and O–H groups in total. The molecule has 2 heterocycles. The summed E-state index contributed by atoms with van der Waals surface area (Å²) < 4.78 is 54.2. The highest BCUT2D eigenvalue weighted by Gasteiger charge is 2.48. The number of rotatable bonds is 4. The average molecular weight is 453 g/mol. The maximum atomic E-state index is 14.9. The molecule has 0 radical (unpaired) electrons. The fourth-order valence-corrected chi connectivity index (χ4v) is 5.09. The van der Waals surface area contributed by atoms with Crippen LogP contribution in [0.1, 0.15) is 47.4 Å². The van der Waals surface area contributed by atoms with Crippen molar-refractivity contribution in [3.05, 3.63) is 53.4 Å². The zero-order valence-corrected chi connectivity index (χ0v) is 17.0. The van der Waals surface area contributed by atoms with Gasteiger partial charge in [-0.15, -0.1) is 0 Å². The van der Waals surface area contributed by atoms with E-state index in [1.807, 2.05) is 0 Å². The number of fused-ring (bicyclic) bond motifs is 1. The first-order valence-corrected chi connectivity index (χ1v) is 10.6. The van der Waals surface area contributed by atoms with Crippen molar-refractivity contribution in [3.63, 3.8) is 0 Å². The van der Waals surface area contributed by atoms with Gasteiger partial charge in [-0.2, -0.15) is 0 Å². The number of anilines is 1. The molecule has 1 amide bonds. The molecule has 0 spiro atoms. The SMILES string of the molecule is NC1=NC2(c3cc(NC(=O)c4cnc(C(F)F)cn4)ccc3F)CCC(F)CC2CS1. The van der Waals surface area contributed by atoms with E-state index in [-0.39, 0.29) is 35.7 Å². The third-order valence-corrected chi connectivity index (χ3v) is 6.57. The molecule has 1 fully saturated rings. The number of halogens is 4. The van der Waals surface area contributed by atoms with Crippen LogP contribution in [0.25, 0.3) is 0 Å². The number of amides is 1. The fraction of sp³-hybridized carbons (Fsp3) is 0.400. The Morgan fingerprint density at radius 1 is 1.29 bits per heavy atom. The molecule has 1 aliphatic heterocycles. The number of aromatic nitrogens is 2. The van der Waals surface area contributed by atoms with Crippen LogP contribution < -0.4 is 11.1 Å². The van der Waals surface area contributed by atoms with Crippen LogP contribution in [-0.4, -0.2) is 33.0 Å². The summed E-state index contributed by atoms with van der Waals surface area (Å²) in [7, 11) is 0. The number of carbonyl (C=O) groups excluding carboxylic acids is 1. The van der Waals surface area contributed by atoms with E-state index in [4.69, 9.17) is 5.73 Å². The summed E-state index contributed by atoms with van der Waals surface area (Å²) >= 11 is 1.32. The number of benzene rings is 1. The maximum Gasteiger partial charge on any atom is 0.281 e. The van der Waals surface area contributed by atoms with Crippen molar-refractivity contribution in [2.75, 3.05) is 11.1 Å². The van der Waals surface area contributed by atoms with Crippen LogP contribution in [0.5, 0.6) is 0 Å². The van der Waals surface area contributed by atoms with E-state index >= 15 is 0 Å². The highest BCUT2D eigenvalue weighted by atomic mass is 32.2. The number of hydrogen-bond acceptors (Lipinski definition) is 6. The average Bonchev–Trinajstić information content (AvgIpc) is 2.75. The second-order valence-corrected chi connectivity index (χ2v) is 8.57. The van der Waals surface area contributed by atoms with E-state index in [0.717, 1.165) is 12.4 Å². The Bertz CT molecular complexity index is 1020. The molecule has 4 rings (SSSR count). The standard InChI is InChI=1S/C20H19F4N5OS/c21-11-3-4-20(10(5-11)9-31-19(25)29-20)13-6-12(1-2-14(13)22)28-18(30)16-8-26-15(7-27-16)17(23)24/h1-2,6-8,10-11,17H,3-5,9H2,(H2,25,29)(H,28,30). The lowest BCUT2D eigenvalue weighted by Crippen LogP contribution is -2.45. The third kappa shape index (κ3) is 4.23. The van der Waals surface area contributed by atoms with Crippen molar-refractivity contribution in [1.82, 2.24) is 9.97 Å². The van der Waals surface area contributed by atoms with Gasteiger partial charge in [0.05, 0.1) is 17.9 Å². The summed E-state index contributed by atoms with van der Waals surface area (Å²) in [6.45, 7) is 0. The number of hydrogen-bond donors (Lipinski definition) is 2. The smallest absolute Gasteiger partial charge is 0.281 e. The summed E-state index contributed by atoms with van der Waals surface area (Å²) in [5, 5.41) is 2.89. The molecule has 6 nitrogen and oxygen atoms in total. The van der Waals surface area contributed by atoms with Crippen molar-refractivity contribution in [2.24, 2.45) is 16.6 Å². The molecular formula is C20H19F4N5OS. The van der Waals surface area contributed by atoms with Crippen LogP contribution in [0.3, 0.4) is 0 Å². The summed E-state index contributed by atoms with van der Waals surface area (Å²) in [6, 6.07) is 4.04. The first kappa shape index (κ1) is 21.5. The lowest BCUT2D eigenvalue weighted by Gasteiger charge is -2.45. The zero-order valence-electron chi connectivity index (χ0n) is 16.2. The van der Waals surface area contributed by atoms with Crippen LogP contribution in [0, 0.1) is 11.7 Å². The van der Waals surface area contributed by atoms with Gasteiger partial charge in [-0.05, 0) is 37.5 Å². The third-order valence-electron chi connectivity index (χ3n) is 5.62. The molecule has 3 atom stereocenters. The molecule has 2 aliphatic rings. The molecule has 3 unspecified atom stereocenters. The Balaban J connectivity index is 1.64. The molecule has 1 aromatic heterocycles. The Labute approximate surface area is 179 Å². The highest BCUT2D eigenvalue weighted by Crippen LogP contribution is 2.50. The van der Waals surface area contributed by atoms with Gasteiger partial charge in [-0.3, -0.25) is 14.8 Å². The minimum atomic E-state index is -2.79. The minimum Gasteiger partial charge on any atom is -0.379 e. The van der Waals surface area contributed by atoms with E-state index in [1.165, 1.54) is 30.0 Å². The number of carbonyl (C=O) groups is 1. The molecule has 2 aromatic rings. The van der Waals surface area contributed by atoms with Crippen LogP contribution >= 0.6 is 11.8 Å². The van der Waals surface area contributed by atoms with Gasteiger partial charge in [-0.1, -0.05) is 11.8 Å². The van der Waals surface area contributed by atoms with Gasteiger partial charge < -0.3 is 11.1 Å². The first-order valence-electron chi connectivity index (χ1n) is 9.62.